The van der Waals surface area contributed by atoms with Gasteiger partial charge in [-0.05, 0) is 12.8 Å². The molecular formula is C18H18F4N2O6. The summed E-state index contributed by atoms with van der Waals surface area (Å²) in [4.78, 5) is 47.8. The lowest BCUT2D eigenvalue weighted by molar-refractivity contribution is -0.141. The maximum atomic E-state index is 13.6. The molecular weight excluding hydrogens is 416 g/mol. The Kier molecular flexibility index (Phi) is 7.72. The van der Waals surface area contributed by atoms with Gasteiger partial charge in [0.05, 0.1) is 6.42 Å². The van der Waals surface area contributed by atoms with Crippen LogP contribution in [0.3, 0.4) is 0 Å². The third-order valence-corrected chi connectivity index (χ3v) is 4.56. The zero-order valence-electron chi connectivity index (χ0n) is 15.5. The number of rotatable bonds is 9. The number of aliphatic carboxylic acids is 1. The fraction of sp³-hybridized carbons (Fsp3) is 0.444. The highest BCUT2D eigenvalue weighted by molar-refractivity contribution is 5.93. The Labute approximate surface area is 167 Å². The summed E-state index contributed by atoms with van der Waals surface area (Å²) in [6.07, 6.45) is 0.390. The lowest BCUT2D eigenvalue weighted by Crippen LogP contribution is -2.48. The van der Waals surface area contributed by atoms with Gasteiger partial charge in [0.15, 0.2) is 23.2 Å². The van der Waals surface area contributed by atoms with Crippen molar-refractivity contribution in [3.8, 4) is 5.75 Å². The summed E-state index contributed by atoms with van der Waals surface area (Å²) >= 11 is 0. The minimum Gasteiger partial charge on any atom is -0.481 e. The SMILES string of the molecule is O=CN1CCC(C(=O)NC(CC(=O)O)C(=O)COc2c(F)c(F)cc(F)c2F)CC1. The largest absolute Gasteiger partial charge is 0.481 e. The molecule has 30 heavy (non-hydrogen) atoms. The van der Waals surface area contributed by atoms with Crippen molar-refractivity contribution in [2.75, 3.05) is 19.7 Å². The zero-order valence-corrected chi connectivity index (χ0v) is 15.5. The number of halogens is 4. The summed E-state index contributed by atoms with van der Waals surface area (Å²) in [5.74, 6) is -12.4. The average Bonchev–Trinajstić information content (AvgIpc) is 2.71. The first-order valence-corrected chi connectivity index (χ1v) is 8.84. The molecule has 0 bridgehead atoms. The molecule has 164 valence electrons. The standard InChI is InChI=1S/C18H18F4N2O6/c19-10-5-11(20)16(22)17(15(10)21)30-7-13(26)12(6-14(27)28)23-18(29)9-1-3-24(8-25)4-2-9/h5,8-9,12H,1-4,6-7H2,(H,23,29)(H,27,28). The maximum absolute atomic E-state index is 13.6. The Hall–Kier alpha value is -3.18. The Morgan fingerprint density at radius 3 is 2.23 bits per heavy atom. The third kappa shape index (κ3) is 5.67. The van der Waals surface area contributed by atoms with Crippen LogP contribution >= 0.6 is 0 Å². The van der Waals surface area contributed by atoms with Gasteiger partial charge < -0.3 is 20.1 Å². The maximum Gasteiger partial charge on any atom is 0.305 e. The van der Waals surface area contributed by atoms with Gasteiger partial charge in [-0.25, -0.2) is 8.78 Å². The van der Waals surface area contributed by atoms with Crippen LogP contribution in [0.5, 0.6) is 5.75 Å². The highest BCUT2D eigenvalue weighted by Crippen LogP contribution is 2.26. The number of carbonyl (C=O) groups excluding carboxylic acids is 3. The van der Waals surface area contributed by atoms with Gasteiger partial charge in [-0.15, -0.1) is 0 Å². The summed E-state index contributed by atoms with van der Waals surface area (Å²) in [5.41, 5.74) is 0. The number of Topliss-reactive ketones (excluding diaryl/α,β-unsaturated/α-hetero) is 1. The number of carboxylic acids is 1. The monoisotopic (exact) mass is 434 g/mol. The number of nitrogens with one attached hydrogen (secondary N) is 1. The molecule has 0 aliphatic carbocycles. The molecule has 2 N–H and O–H groups in total. The first kappa shape index (κ1) is 23.1. The molecule has 2 amide bonds. The van der Waals surface area contributed by atoms with Crippen LogP contribution < -0.4 is 10.1 Å². The van der Waals surface area contributed by atoms with Gasteiger partial charge in [-0.2, -0.15) is 8.78 Å². The number of hydrogen-bond donors (Lipinski definition) is 2. The highest BCUT2D eigenvalue weighted by atomic mass is 19.2. The first-order chi connectivity index (χ1) is 14.1. The lowest BCUT2D eigenvalue weighted by atomic mass is 9.95. The second kappa shape index (κ2) is 10.0. The van der Waals surface area contributed by atoms with E-state index in [9.17, 15) is 36.7 Å². The second-order valence-electron chi connectivity index (χ2n) is 6.63. The number of nitrogens with zero attached hydrogens (tertiary/aromatic N) is 1. The molecule has 1 aromatic rings. The fourth-order valence-electron chi connectivity index (χ4n) is 2.90. The van der Waals surface area contributed by atoms with Crippen molar-refractivity contribution in [1.82, 2.24) is 10.2 Å². The first-order valence-electron chi connectivity index (χ1n) is 8.84. The van der Waals surface area contributed by atoms with Gasteiger partial charge in [-0.3, -0.25) is 19.2 Å². The molecule has 1 atom stereocenters. The van der Waals surface area contributed by atoms with Crippen LogP contribution in [0.15, 0.2) is 6.07 Å². The number of ether oxygens (including phenoxy) is 1. The summed E-state index contributed by atoms with van der Waals surface area (Å²) in [6, 6.07) is -1.63. The summed E-state index contributed by atoms with van der Waals surface area (Å²) in [6.45, 7) is -0.517. The van der Waals surface area contributed by atoms with Crippen LogP contribution in [-0.4, -0.2) is 59.8 Å². The molecule has 1 heterocycles. The molecule has 1 unspecified atom stereocenters. The van der Waals surface area contributed by atoms with Crippen LogP contribution in [0.25, 0.3) is 0 Å². The summed E-state index contributed by atoms with van der Waals surface area (Å²) < 4.78 is 58.2. The number of ketones is 1. The number of carbonyl (C=O) groups is 4. The number of amides is 2. The van der Waals surface area contributed by atoms with Crippen molar-refractivity contribution < 1.29 is 46.6 Å². The van der Waals surface area contributed by atoms with Gasteiger partial charge in [0.1, 0.15) is 12.6 Å². The molecule has 1 aromatic carbocycles. The number of likely N-dealkylation sites (tertiary alicyclic amines) is 1. The van der Waals surface area contributed by atoms with E-state index in [0.29, 0.717) is 32.3 Å². The molecule has 1 aliphatic rings. The number of piperidine rings is 1. The minimum absolute atomic E-state index is 0.0390. The Balaban J connectivity index is 2.05. The van der Waals surface area contributed by atoms with E-state index >= 15 is 0 Å². The van der Waals surface area contributed by atoms with Crippen LogP contribution in [0, 0.1) is 29.2 Å². The van der Waals surface area contributed by atoms with Crippen molar-refractivity contribution in [2.24, 2.45) is 5.92 Å². The molecule has 2 rings (SSSR count). The summed E-state index contributed by atoms with van der Waals surface area (Å²) in [5, 5.41) is 11.2. The topological polar surface area (TPSA) is 113 Å². The third-order valence-electron chi connectivity index (χ3n) is 4.56. The predicted octanol–water partition coefficient (Wildman–Crippen LogP) is 1.02. The van der Waals surface area contributed by atoms with Crippen molar-refractivity contribution in [3.05, 3.63) is 29.3 Å². The normalized spacial score (nSPS) is 15.4. The Morgan fingerprint density at radius 2 is 1.73 bits per heavy atom. The Bertz CT molecular complexity index is 816. The van der Waals surface area contributed by atoms with Gasteiger partial charge in [0.25, 0.3) is 0 Å². The van der Waals surface area contributed by atoms with Crippen molar-refractivity contribution >= 4 is 24.1 Å². The lowest BCUT2D eigenvalue weighted by Gasteiger charge is -2.29. The van der Waals surface area contributed by atoms with E-state index in [1.54, 1.807) is 0 Å². The van der Waals surface area contributed by atoms with E-state index in [1.807, 2.05) is 0 Å². The smallest absolute Gasteiger partial charge is 0.305 e. The Morgan fingerprint density at radius 1 is 1.17 bits per heavy atom. The van der Waals surface area contributed by atoms with Crippen LogP contribution in [-0.2, 0) is 19.2 Å². The highest BCUT2D eigenvalue weighted by Gasteiger charge is 2.30. The second-order valence-corrected chi connectivity index (χ2v) is 6.63. The molecule has 1 saturated heterocycles. The van der Waals surface area contributed by atoms with Gasteiger partial charge >= 0.3 is 5.97 Å². The van der Waals surface area contributed by atoms with E-state index in [4.69, 9.17) is 5.11 Å². The molecule has 0 saturated carbocycles. The number of benzene rings is 1. The van der Waals surface area contributed by atoms with E-state index in [-0.39, 0.29) is 6.07 Å². The van der Waals surface area contributed by atoms with Crippen molar-refractivity contribution in [1.29, 1.82) is 0 Å². The van der Waals surface area contributed by atoms with Crippen LogP contribution in [0.1, 0.15) is 19.3 Å². The fourth-order valence-corrected chi connectivity index (χ4v) is 2.90. The van der Waals surface area contributed by atoms with Crippen LogP contribution in [0.2, 0.25) is 0 Å². The van der Waals surface area contributed by atoms with Gasteiger partial charge in [-0.1, -0.05) is 0 Å². The van der Waals surface area contributed by atoms with Gasteiger partial charge in [0.2, 0.25) is 24.0 Å². The molecule has 1 aliphatic heterocycles. The van der Waals surface area contributed by atoms with E-state index in [2.05, 4.69) is 10.1 Å². The van der Waals surface area contributed by atoms with Crippen LogP contribution in [0.4, 0.5) is 17.6 Å². The molecule has 8 nitrogen and oxygen atoms in total. The molecule has 0 spiro atoms. The van der Waals surface area contributed by atoms with Gasteiger partial charge in [0, 0.05) is 25.1 Å². The summed E-state index contributed by atoms with van der Waals surface area (Å²) in [7, 11) is 0. The van der Waals surface area contributed by atoms with E-state index in [1.165, 1.54) is 4.90 Å². The van der Waals surface area contributed by atoms with E-state index < -0.39 is 71.7 Å². The zero-order chi connectivity index (χ0) is 22.4. The average molecular weight is 434 g/mol. The number of hydrogen-bond acceptors (Lipinski definition) is 5. The minimum atomic E-state index is -1.86. The predicted molar refractivity (Wildman–Crippen MR) is 91.3 cm³/mol. The molecule has 0 aromatic heterocycles. The van der Waals surface area contributed by atoms with Crippen molar-refractivity contribution in [2.45, 2.75) is 25.3 Å². The number of carboxylic acid groups (broad SMARTS) is 1. The molecule has 0 radical (unpaired) electrons. The quantitative estimate of drug-likeness (QED) is 0.341. The van der Waals surface area contributed by atoms with Crippen molar-refractivity contribution in [3.63, 3.8) is 0 Å². The molecule has 1 fully saturated rings. The van der Waals surface area contributed by atoms with E-state index in [0.717, 1.165) is 0 Å². The molecule has 12 heteroatoms.